The van der Waals surface area contributed by atoms with Gasteiger partial charge in [0.15, 0.2) is 0 Å². The Bertz CT molecular complexity index is 1180. The molecule has 0 fully saturated rings. The first-order chi connectivity index (χ1) is 28.7. The van der Waals surface area contributed by atoms with E-state index < -0.39 is 12.1 Å². The fourth-order valence-electron chi connectivity index (χ4n) is 6.34. The lowest BCUT2D eigenvalue weighted by Crippen LogP contribution is -2.45. The van der Waals surface area contributed by atoms with Gasteiger partial charge in [-0.15, -0.1) is 0 Å². The van der Waals surface area contributed by atoms with Gasteiger partial charge in [-0.1, -0.05) is 219 Å². The maximum Gasteiger partial charge on any atom is 0.220 e. The van der Waals surface area contributed by atoms with E-state index in [1.807, 2.05) is 6.08 Å². The molecule has 2 atom stereocenters. The second-order valence-electron chi connectivity index (χ2n) is 15.4. The average molecular weight is 800 g/mol. The zero-order valence-corrected chi connectivity index (χ0v) is 37.5. The predicted octanol–water partition coefficient (Wildman–Crippen LogP) is 15.3. The largest absolute Gasteiger partial charge is 0.394 e. The monoisotopic (exact) mass is 800 g/mol. The van der Waals surface area contributed by atoms with Crippen molar-refractivity contribution in [2.24, 2.45) is 0 Å². The minimum absolute atomic E-state index is 0.0896. The quantitative estimate of drug-likeness (QED) is 0.0426. The Morgan fingerprint density at radius 1 is 0.431 bits per heavy atom. The van der Waals surface area contributed by atoms with Crippen LogP contribution in [0.3, 0.4) is 0 Å². The van der Waals surface area contributed by atoms with Gasteiger partial charge in [0.1, 0.15) is 0 Å². The van der Waals surface area contributed by atoms with Gasteiger partial charge in [0.25, 0.3) is 0 Å². The summed E-state index contributed by atoms with van der Waals surface area (Å²) < 4.78 is 0. The van der Waals surface area contributed by atoms with E-state index in [9.17, 15) is 15.0 Å². The topological polar surface area (TPSA) is 69.6 Å². The molecule has 58 heavy (non-hydrogen) atoms. The highest BCUT2D eigenvalue weighted by atomic mass is 16.3. The minimum Gasteiger partial charge on any atom is -0.394 e. The SMILES string of the molecule is CC/C=C\C/C=C\C/C=C\C/C=C\C/C=C\C/C=C\C/C=C\C/C=C\C/C=C\CCCCCCCC(=O)NC(CO)C(O)/C=C/CCCCCCCCCCCCC. The first-order valence-electron chi connectivity index (χ1n) is 23.7. The summed E-state index contributed by atoms with van der Waals surface area (Å²) >= 11 is 0. The van der Waals surface area contributed by atoms with Crippen molar-refractivity contribution in [1.82, 2.24) is 5.32 Å². The molecule has 0 saturated carbocycles. The van der Waals surface area contributed by atoms with Gasteiger partial charge < -0.3 is 15.5 Å². The summed E-state index contributed by atoms with van der Waals surface area (Å²) in [5, 5.41) is 23.0. The number of aliphatic hydroxyl groups excluding tert-OH is 2. The van der Waals surface area contributed by atoms with Crippen LogP contribution in [-0.2, 0) is 4.79 Å². The Morgan fingerprint density at radius 2 is 0.759 bits per heavy atom. The first kappa shape index (κ1) is 54.8. The van der Waals surface area contributed by atoms with Crippen molar-refractivity contribution < 1.29 is 15.0 Å². The predicted molar refractivity (Wildman–Crippen MR) is 257 cm³/mol. The first-order valence-corrected chi connectivity index (χ1v) is 23.7. The highest BCUT2D eigenvalue weighted by molar-refractivity contribution is 5.76. The molecule has 3 N–H and O–H groups in total. The Kier molecular flexibility index (Phi) is 45.5. The molecule has 2 unspecified atom stereocenters. The molecule has 4 nitrogen and oxygen atoms in total. The molecule has 0 heterocycles. The molecular weight excluding hydrogens is 711 g/mol. The number of nitrogens with one attached hydrogen (secondary N) is 1. The Morgan fingerprint density at radius 3 is 1.14 bits per heavy atom. The van der Waals surface area contributed by atoms with Gasteiger partial charge >= 0.3 is 0 Å². The molecule has 0 aliphatic heterocycles. The maximum absolute atomic E-state index is 12.4. The highest BCUT2D eigenvalue weighted by Gasteiger charge is 2.17. The zero-order chi connectivity index (χ0) is 42.1. The van der Waals surface area contributed by atoms with Crippen molar-refractivity contribution >= 4 is 5.91 Å². The second kappa shape index (κ2) is 48.2. The molecule has 0 saturated heterocycles. The third-order valence-corrected chi connectivity index (χ3v) is 9.95. The van der Waals surface area contributed by atoms with Crippen LogP contribution < -0.4 is 5.32 Å². The molecule has 1 amide bonds. The molecule has 328 valence electrons. The van der Waals surface area contributed by atoms with E-state index in [0.29, 0.717) is 6.42 Å². The lowest BCUT2D eigenvalue weighted by Gasteiger charge is -2.20. The summed E-state index contributed by atoms with van der Waals surface area (Å²) in [7, 11) is 0. The number of amides is 1. The van der Waals surface area contributed by atoms with Crippen LogP contribution in [0, 0.1) is 0 Å². The molecule has 0 aliphatic rings. The van der Waals surface area contributed by atoms with Gasteiger partial charge in [-0.3, -0.25) is 4.79 Å². The molecule has 0 spiro atoms. The molecular formula is C54H89NO3. The van der Waals surface area contributed by atoms with Crippen LogP contribution in [0.4, 0.5) is 0 Å². The van der Waals surface area contributed by atoms with Crippen molar-refractivity contribution in [3.05, 3.63) is 122 Å². The van der Waals surface area contributed by atoms with E-state index >= 15 is 0 Å². The number of aliphatic hydroxyl groups is 2. The third kappa shape index (κ3) is 43.9. The van der Waals surface area contributed by atoms with Gasteiger partial charge in [-0.05, 0) is 89.9 Å². The van der Waals surface area contributed by atoms with Gasteiger partial charge in [0.2, 0.25) is 5.91 Å². The summed E-state index contributed by atoms with van der Waals surface area (Å²) in [6, 6.07) is -0.641. The van der Waals surface area contributed by atoms with E-state index in [-0.39, 0.29) is 12.5 Å². The van der Waals surface area contributed by atoms with Crippen LogP contribution in [0.1, 0.15) is 194 Å². The lowest BCUT2D eigenvalue weighted by atomic mass is 10.0. The van der Waals surface area contributed by atoms with E-state index in [0.717, 1.165) is 96.3 Å². The molecule has 0 bridgehead atoms. The Hall–Kier alpha value is -3.21. The molecule has 0 aromatic heterocycles. The number of rotatable bonds is 41. The maximum atomic E-state index is 12.4. The van der Waals surface area contributed by atoms with Crippen molar-refractivity contribution in [2.45, 2.75) is 206 Å². The van der Waals surface area contributed by atoms with E-state index in [2.05, 4.69) is 129 Å². The zero-order valence-electron chi connectivity index (χ0n) is 37.5. The fraction of sp³-hybridized carbons (Fsp3) is 0.611. The molecule has 0 aromatic rings. The van der Waals surface area contributed by atoms with Crippen LogP contribution >= 0.6 is 0 Å². The number of carbonyl (C=O) groups excluding carboxylic acids is 1. The van der Waals surface area contributed by atoms with Crippen molar-refractivity contribution in [1.29, 1.82) is 0 Å². The number of hydrogen-bond acceptors (Lipinski definition) is 3. The van der Waals surface area contributed by atoms with Crippen LogP contribution in [0.25, 0.3) is 0 Å². The highest BCUT2D eigenvalue weighted by Crippen LogP contribution is 2.13. The molecule has 4 heteroatoms. The summed E-state index contributed by atoms with van der Waals surface area (Å²) in [6.07, 6.45) is 74.5. The molecule has 0 radical (unpaired) electrons. The number of allylic oxidation sites excluding steroid dienone is 19. The van der Waals surface area contributed by atoms with Crippen molar-refractivity contribution in [3.63, 3.8) is 0 Å². The van der Waals surface area contributed by atoms with Gasteiger partial charge in [-0.2, -0.15) is 0 Å². The second-order valence-corrected chi connectivity index (χ2v) is 15.4. The van der Waals surface area contributed by atoms with Gasteiger partial charge in [0.05, 0.1) is 18.8 Å². The third-order valence-electron chi connectivity index (χ3n) is 9.95. The smallest absolute Gasteiger partial charge is 0.220 e. The summed E-state index contributed by atoms with van der Waals surface area (Å²) in [5.74, 6) is -0.0896. The lowest BCUT2D eigenvalue weighted by molar-refractivity contribution is -0.123. The molecule has 0 aliphatic carbocycles. The summed E-state index contributed by atoms with van der Waals surface area (Å²) in [4.78, 5) is 12.4. The Balaban J connectivity index is 3.70. The minimum atomic E-state index is -0.855. The molecule has 0 rings (SSSR count). The standard InChI is InChI=1S/C54H89NO3/c1-3-5-7-9-11-13-15-17-18-19-20-21-22-23-24-25-26-27-28-29-30-31-32-33-34-35-36-38-40-42-44-46-48-50-54(58)55-52(51-56)53(57)49-47-45-43-41-39-37-16-14-12-10-8-6-4-2/h5,7,11,13,17-18,20-21,23-24,26-27,29-30,32-33,35-36,47,49,52-53,56-57H,3-4,6,8-10,12,14-16,19,22,25,28,31,34,37-46,48,50-51H2,1-2H3,(H,55,58)/b7-5-,13-11-,18-17-,21-20-,24-23-,27-26-,30-29-,33-32-,36-35-,49-47+. The summed E-state index contributed by atoms with van der Waals surface area (Å²) in [6.45, 7) is 4.16. The van der Waals surface area contributed by atoms with E-state index in [4.69, 9.17) is 0 Å². The van der Waals surface area contributed by atoms with Gasteiger partial charge in [-0.25, -0.2) is 0 Å². The van der Waals surface area contributed by atoms with Crippen molar-refractivity contribution in [2.75, 3.05) is 6.61 Å². The van der Waals surface area contributed by atoms with Crippen molar-refractivity contribution in [3.8, 4) is 0 Å². The summed E-state index contributed by atoms with van der Waals surface area (Å²) in [5.41, 5.74) is 0. The van der Waals surface area contributed by atoms with Gasteiger partial charge in [0, 0.05) is 6.42 Å². The van der Waals surface area contributed by atoms with E-state index in [1.54, 1.807) is 6.08 Å². The average Bonchev–Trinajstić information content (AvgIpc) is 3.23. The normalized spacial score (nSPS) is 14.1. The fourth-order valence-corrected chi connectivity index (χ4v) is 6.34. The van der Waals surface area contributed by atoms with E-state index in [1.165, 1.54) is 77.0 Å². The van der Waals surface area contributed by atoms with Crippen LogP contribution in [0.15, 0.2) is 122 Å². The van der Waals surface area contributed by atoms with Crippen LogP contribution in [-0.4, -0.2) is 34.9 Å². The number of unbranched alkanes of at least 4 members (excludes halogenated alkanes) is 16. The Labute approximate surface area is 358 Å². The number of carbonyl (C=O) groups is 1. The molecule has 0 aromatic carbocycles. The van der Waals surface area contributed by atoms with Crippen LogP contribution in [0.2, 0.25) is 0 Å². The number of hydrogen-bond donors (Lipinski definition) is 3. The van der Waals surface area contributed by atoms with Crippen LogP contribution in [0.5, 0.6) is 0 Å².